The van der Waals surface area contributed by atoms with E-state index in [9.17, 15) is 9.59 Å². The van der Waals surface area contributed by atoms with Crippen molar-refractivity contribution >= 4 is 33.7 Å². The van der Waals surface area contributed by atoms with Crippen LogP contribution in [0.25, 0.3) is 0 Å². The third-order valence-electron chi connectivity index (χ3n) is 2.05. The molecule has 0 aliphatic rings. The number of nitrogens with one attached hydrogen (secondary N) is 1. The highest BCUT2D eigenvalue weighted by molar-refractivity contribution is 8.77. The third-order valence-corrected chi connectivity index (χ3v) is 4.80. The molecule has 0 heterocycles. The average molecular weight is 337 g/mol. The summed E-state index contributed by atoms with van der Waals surface area (Å²) in [7, 11) is 3.96. The van der Waals surface area contributed by atoms with Crippen molar-refractivity contribution in [3.05, 3.63) is 12.7 Å². The summed E-state index contributed by atoms with van der Waals surface area (Å²) in [6.07, 6.45) is 0.942. The lowest BCUT2D eigenvalue weighted by Crippen LogP contribution is -2.45. The Morgan fingerprint density at radius 1 is 1.43 bits per heavy atom. The number of hydrogen-bond donors (Lipinski definition) is 2. The van der Waals surface area contributed by atoms with Gasteiger partial charge in [-0.15, -0.1) is 6.58 Å². The van der Waals surface area contributed by atoms with Gasteiger partial charge in [0, 0.05) is 5.75 Å². The molecule has 0 aromatic rings. The number of alkyl carbamates (subject to hydrolysis) is 1. The summed E-state index contributed by atoms with van der Waals surface area (Å²) in [4.78, 5) is 23.3. The molecule has 0 fully saturated rings. The van der Waals surface area contributed by atoms with Gasteiger partial charge < -0.3 is 19.9 Å². The van der Waals surface area contributed by atoms with E-state index in [4.69, 9.17) is 9.84 Å². The molecule has 0 radical (unpaired) electrons. The zero-order valence-electron chi connectivity index (χ0n) is 12.8. The first-order valence-electron chi connectivity index (χ1n) is 6.32. The fraction of sp³-hybridized carbons (Fsp3) is 0.692. The number of carbonyl (C=O) groups excluding carboxylic acids is 2. The van der Waals surface area contributed by atoms with Gasteiger partial charge in [-0.25, -0.2) is 9.59 Å². The van der Waals surface area contributed by atoms with Gasteiger partial charge in [0.25, 0.3) is 0 Å². The van der Waals surface area contributed by atoms with Crippen LogP contribution in [0.1, 0.15) is 20.8 Å². The second-order valence-corrected chi connectivity index (χ2v) is 7.71. The molecule has 2 atom stereocenters. The minimum Gasteiger partial charge on any atom is -0.467 e. The molecule has 21 heavy (non-hydrogen) atoms. The maximum Gasteiger partial charge on any atom is 0.408 e. The number of hydrogen-bond acceptors (Lipinski definition) is 7. The van der Waals surface area contributed by atoms with E-state index in [1.54, 1.807) is 26.8 Å². The summed E-state index contributed by atoms with van der Waals surface area (Å²) in [5, 5.41) is 11.4. The normalized spacial score (nSPS) is 14.0. The minimum absolute atomic E-state index is 0.0381. The van der Waals surface area contributed by atoms with Gasteiger partial charge in [-0.2, -0.15) is 0 Å². The number of aliphatic hydroxyl groups is 1. The fourth-order valence-corrected chi connectivity index (χ4v) is 3.43. The molecule has 0 rings (SSSR count). The van der Waals surface area contributed by atoms with Gasteiger partial charge >= 0.3 is 12.1 Å². The Bertz CT molecular complexity index is 357. The van der Waals surface area contributed by atoms with E-state index >= 15 is 0 Å². The van der Waals surface area contributed by atoms with Crippen molar-refractivity contribution in [2.24, 2.45) is 0 Å². The second-order valence-electron chi connectivity index (χ2n) is 5.06. The largest absolute Gasteiger partial charge is 0.467 e. The highest BCUT2D eigenvalue weighted by Gasteiger charge is 2.25. The molecule has 122 valence electrons. The van der Waals surface area contributed by atoms with Crippen molar-refractivity contribution in [1.29, 1.82) is 0 Å². The Labute approximate surface area is 133 Å². The minimum atomic E-state index is -0.813. The first-order chi connectivity index (χ1) is 9.73. The molecule has 0 bridgehead atoms. The molecule has 0 aliphatic heterocycles. The van der Waals surface area contributed by atoms with Gasteiger partial charge in [0.05, 0.1) is 19.0 Å². The molecule has 0 saturated heterocycles. The summed E-state index contributed by atoms with van der Waals surface area (Å²) >= 11 is 0. The van der Waals surface area contributed by atoms with Gasteiger partial charge in [0.1, 0.15) is 11.6 Å². The van der Waals surface area contributed by atoms with E-state index < -0.39 is 23.7 Å². The molecule has 8 heteroatoms. The molecule has 1 unspecified atom stereocenters. The number of rotatable bonds is 8. The zero-order chi connectivity index (χ0) is 16.5. The molecular weight excluding hydrogens is 314 g/mol. The third kappa shape index (κ3) is 9.65. The summed E-state index contributed by atoms with van der Waals surface area (Å²) in [5.41, 5.74) is -0.641. The van der Waals surface area contributed by atoms with Gasteiger partial charge in [-0.1, -0.05) is 27.7 Å². The highest BCUT2D eigenvalue weighted by Crippen LogP contribution is 2.28. The number of aliphatic hydroxyl groups excluding tert-OH is 1. The predicted octanol–water partition coefficient (Wildman–Crippen LogP) is 1.98. The van der Waals surface area contributed by atoms with Crippen LogP contribution in [0, 0.1) is 0 Å². The lowest BCUT2D eigenvalue weighted by molar-refractivity contribution is -0.142. The number of ether oxygens (including phenoxy) is 2. The Morgan fingerprint density at radius 2 is 2.05 bits per heavy atom. The quantitative estimate of drug-likeness (QED) is 0.398. The summed E-state index contributed by atoms with van der Waals surface area (Å²) in [5.74, 6) is -0.255. The molecular formula is C13H23NO5S2. The maximum absolute atomic E-state index is 11.7. The van der Waals surface area contributed by atoms with Crippen LogP contribution in [-0.2, 0) is 14.3 Å². The molecule has 0 spiro atoms. The van der Waals surface area contributed by atoms with Crippen LogP contribution in [0.3, 0.4) is 0 Å². The van der Waals surface area contributed by atoms with E-state index in [0.717, 1.165) is 0 Å². The van der Waals surface area contributed by atoms with E-state index in [2.05, 4.69) is 16.6 Å². The molecule has 0 saturated carbocycles. The molecule has 2 N–H and O–H groups in total. The lowest BCUT2D eigenvalue weighted by atomic mass is 10.2. The van der Waals surface area contributed by atoms with Gasteiger partial charge in [0.15, 0.2) is 0 Å². The highest BCUT2D eigenvalue weighted by atomic mass is 33.1. The van der Waals surface area contributed by atoms with Crippen molar-refractivity contribution in [3.63, 3.8) is 0 Å². The smallest absolute Gasteiger partial charge is 0.408 e. The number of amides is 1. The summed E-state index contributed by atoms with van der Waals surface area (Å²) in [6, 6.07) is -0.813. The SMILES string of the molecule is C=CC(CO)SSC[C@H](NC(=O)OC(C)(C)C)C(=O)OC. The van der Waals surface area contributed by atoms with Crippen molar-refractivity contribution in [1.82, 2.24) is 5.32 Å². The van der Waals surface area contributed by atoms with E-state index in [1.807, 2.05) is 0 Å². The Hall–Kier alpha value is -0.860. The topological polar surface area (TPSA) is 84.9 Å². The van der Waals surface area contributed by atoms with E-state index in [0.29, 0.717) is 5.75 Å². The Balaban J connectivity index is 4.43. The van der Waals surface area contributed by atoms with Crippen LogP contribution in [0.15, 0.2) is 12.7 Å². The molecule has 0 aromatic carbocycles. The maximum atomic E-state index is 11.7. The van der Waals surface area contributed by atoms with E-state index in [-0.39, 0.29) is 11.9 Å². The molecule has 0 aromatic heterocycles. The summed E-state index contributed by atoms with van der Waals surface area (Å²) < 4.78 is 9.75. The predicted molar refractivity (Wildman–Crippen MR) is 86.3 cm³/mol. The number of esters is 1. The second kappa shape index (κ2) is 9.97. The number of methoxy groups -OCH3 is 1. The van der Waals surface area contributed by atoms with Crippen LogP contribution in [-0.4, -0.2) is 53.5 Å². The van der Waals surface area contributed by atoms with Crippen molar-refractivity contribution in [2.45, 2.75) is 37.7 Å². The average Bonchev–Trinajstić information content (AvgIpc) is 2.39. The van der Waals surface area contributed by atoms with Crippen molar-refractivity contribution in [2.75, 3.05) is 19.5 Å². The first-order valence-corrected chi connectivity index (χ1v) is 8.70. The first kappa shape index (κ1) is 20.1. The fourth-order valence-electron chi connectivity index (χ4n) is 1.10. The van der Waals surface area contributed by atoms with Gasteiger partial charge in [0.2, 0.25) is 0 Å². The summed E-state index contributed by atoms with van der Waals surface area (Å²) in [6.45, 7) is 8.77. The monoisotopic (exact) mass is 337 g/mol. The molecule has 6 nitrogen and oxygen atoms in total. The van der Waals surface area contributed by atoms with Crippen LogP contribution in [0.4, 0.5) is 4.79 Å². The van der Waals surface area contributed by atoms with Crippen molar-refractivity contribution in [3.8, 4) is 0 Å². The zero-order valence-corrected chi connectivity index (χ0v) is 14.4. The van der Waals surface area contributed by atoms with E-state index in [1.165, 1.54) is 28.7 Å². The number of carbonyl (C=O) groups is 2. The van der Waals surface area contributed by atoms with Crippen LogP contribution in [0.5, 0.6) is 0 Å². The Kier molecular flexibility index (Phi) is 9.56. The molecule has 1 amide bonds. The van der Waals surface area contributed by atoms with Crippen LogP contribution in [0.2, 0.25) is 0 Å². The van der Waals surface area contributed by atoms with Crippen LogP contribution < -0.4 is 5.32 Å². The van der Waals surface area contributed by atoms with Crippen LogP contribution >= 0.6 is 21.6 Å². The van der Waals surface area contributed by atoms with Gasteiger partial charge in [-0.3, -0.25) is 0 Å². The standard InChI is InChI=1S/C13H23NO5S2/c1-6-9(7-15)21-20-8-10(11(16)18-5)14-12(17)19-13(2,3)4/h6,9-10,15H,1,7-8H2,2-5H3,(H,14,17)/t9?,10-/m0/s1. The van der Waals surface area contributed by atoms with Crippen molar-refractivity contribution < 1.29 is 24.2 Å². The molecule has 0 aliphatic carbocycles. The Morgan fingerprint density at radius 3 is 2.48 bits per heavy atom. The van der Waals surface area contributed by atoms with Gasteiger partial charge in [-0.05, 0) is 20.8 Å². The lowest BCUT2D eigenvalue weighted by Gasteiger charge is -2.22.